The lowest BCUT2D eigenvalue weighted by molar-refractivity contribution is 0.108. The van der Waals surface area contributed by atoms with Crippen LogP contribution in [-0.2, 0) is 0 Å². The first kappa shape index (κ1) is 34.0. The molecule has 0 aliphatic carbocycles. The van der Waals surface area contributed by atoms with Gasteiger partial charge in [0.1, 0.15) is 0 Å². The van der Waals surface area contributed by atoms with Gasteiger partial charge in [-0.2, -0.15) is 15.8 Å². The van der Waals surface area contributed by atoms with E-state index < -0.39 is 0 Å². The third kappa shape index (κ3) is 7.77. The van der Waals surface area contributed by atoms with Gasteiger partial charge in [0.15, 0.2) is 10.3 Å². The van der Waals surface area contributed by atoms with Crippen molar-refractivity contribution >= 4 is 65.3 Å². The Hall–Kier alpha value is -5.37. The van der Waals surface area contributed by atoms with Crippen LogP contribution in [0, 0.1) is 34.0 Å². The van der Waals surface area contributed by atoms with Crippen molar-refractivity contribution in [3.05, 3.63) is 73.1 Å². The van der Waals surface area contributed by atoms with Gasteiger partial charge in [0, 0.05) is 32.4 Å². The van der Waals surface area contributed by atoms with E-state index in [0.717, 1.165) is 62.6 Å². The smallest absolute Gasteiger partial charge is 0.220 e. The van der Waals surface area contributed by atoms with Gasteiger partial charge in [-0.1, -0.05) is 46.9 Å². The van der Waals surface area contributed by atoms with Gasteiger partial charge >= 0.3 is 0 Å². The first-order valence-electron chi connectivity index (χ1n) is 15.2. The summed E-state index contributed by atoms with van der Waals surface area (Å²) in [5, 5.41) is 36.9. The zero-order valence-corrected chi connectivity index (χ0v) is 27.8. The number of aliphatic hydroxyl groups excluding tert-OH is 1. The number of benzene rings is 2. The Morgan fingerprint density at radius 2 is 1.33 bits per heavy atom. The molecule has 1 saturated heterocycles. The molecule has 2 aromatic carbocycles. The first-order chi connectivity index (χ1) is 23.5. The van der Waals surface area contributed by atoms with E-state index in [-0.39, 0.29) is 18.2 Å². The van der Waals surface area contributed by atoms with Crippen molar-refractivity contribution in [3.63, 3.8) is 0 Å². The van der Waals surface area contributed by atoms with Crippen molar-refractivity contribution in [2.75, 3.05) is 22.9 Å². The highest BCUT2D eigenvalue weighted by atomic mass is 32.1. The summed E-state index contributed by atoms with van der Waals surface area (Å²) >= 11 is 3.16. The number of aliphatic imine (C=N–C) groups is 2. The molecule has 13 nitrogen and oxygen atoms in total. The number of hydrogen-bond donors (Lipinski definition) is 3. The fraction of sp³-hybridized carbons (Fsp3) is 0.303. The van der Waals surface area contributed by atoms with Crippen LogP contribution in [0.1, 0.15) is 32.6 Å². The molecule has 15 heteroatoms. The Labute approximate surface area is 286 Å². The first-order valence-corrected chi connectivity index (χ1v) is 16.9. The summed E-state index contributed by atoms with van der Waals surface area (Å²) in [7, 11) is 0. The molecule has 0 radical (unpaired) electrons. The molecule has 0 saturated carbocycles. The number of nitrogens with two attached hydrogens (primary N) is 1. The number of nitrogens with zero attached hydrogens (tertiary/aromatic N) is 10. The number of para-hydroxylation sites is 2. The quantitative estimate of drug-likeness (QED) is 0.195. The van der Waals surface area contributed by atoms with E-state index in [2.05, 4.69) is 48.4 Å². The molecule has 3 aliphatic rings. The largest absolute Gasteiger partial charge is 0.393 e. The lowest BCUT2D eigenvalue weighted by atomic mass is 10.1. The summed E-state index contributed by atoms with van der Waals surface area (Å²) in [4.78, 5) is 24.3. The number of nitrogens with one attached hydrogen (secondary N) is 1. The number of aromatic nitrogens is 2. The Morgan fingerprint density at radius 3 is 1.85 bits per heavy atom. The average Bonchev–Trinajstić information content (AvgIpc) is 3.74. The van der Waals surface area contributed by atoms with Crippen LogP contribution < -0.4 is 21.1 Å². The molecule has 3 aliphatic heterocycles. The number of nitriles is 3. The van der Waals surface area contributed by atoms with Gasteiger partial charge in [-0.15, -0.1) is 0 Å². The minimum atomic E-state index is -0.234. The predicted octanol–water partition coefficient (Wildman–Crippen LogP) is 4.99. The number of hydrogen-bond acceptors (Lipinski definition) is 15. The van der Waals surface area contributed by atoms with Crippen molar-refractivity contribution in [2.24, 2.45) is 15.8 Å². The van der Waals surface area contributed by atoms with E-state index in [1.54, 1.807) is 41.1 Å². The zero-order valence-electron chi connectivity index (χ0n) is 26.2. The average molecular weight is 679 g/mol. The number of guanidine groups is 2. The van der Waals surface area contributed by atoms with E-state index in [0.29, 0.717) is 18.8 Å². The number of thiazole rings is 2. The van der Waals surface area contributed by atoms with E-state index >= 15 is 0 Å². The number of hydrazine groups is 1. The Morgan fingerprint density at radius 1 is 0.833 bits per heavy atom. The molecule has 244 valence electrons. The standard InChI is InChI=1S/C18H19N5OS.C13H12N6S.C2H3N/c19-9-5-13-6-10-20-17(22-11-7-14(24)8-12-22)23(13)18-21-15-3-1-2-4-16(15)25-18;14-7-5-9-6-8-16-12(18-15)19(9)13-17-10-3-1-2-4-11(10)20-13;1-2-3/h1-4,6,10,13-14,24H,5,7-8,11-12H2;1-4,6,8-9H,5,15H2,(H,16,18);1H3. The maximum absolute atomic E-state index is 9.79. The van der Waals surface area contributed by atoms with Gasteiger partial charge in [-0.3, -0.25) is 15.2 Å². The Bertz CT molecular complexity index is 1890. The maximum Gasteiger partial charge on any atom is 0.220 e. The van der Waals surface area contributed by atoms with Crippen molar-refractivity contribution < 1.29 is 5.11 Å². The van der Waals surface area contributed by atoms with E-state index in [9.17, 15) is 10.4 Å². The molecular weight excluding hydrogens is 645 g/mol. The van der Waals surface area contributed by atoms with Gasteiger partial charge in [0.25, 0.3) is 0 Å². The second-order valence-electron chi connectivity index (χ2n) is 10.7. The Balaban J connectivity index is 0.000000177. The van der Waals surface area contributed by atoms with E-state index in [1.807, 2.05) is 59.5 Å². The van der Waals surface area contributed by atoms with Crippen molar-refractivity contribution in [1.29, 1.82) is 15.8 Å². The highest BCUT2D eigenvalue weighted by molar-refractivity contribution is 7.22. The molecule has 4 N–H and O–H groups in total. The second-order valence-corrected chi connectivity index (χ2v) is 12.7. The molecule has 5 heterocycles. The topological polar surface area (TPSA) is 190 Å². The highest BCUT2D eigenvalue weighted by Crippen LogP contribution is 2.34. The van der Waals surface area contributed by atoms with Crippen LogP contribution in [0.5, 0.6) is 0 Å². The van der Waals surface area contributed by atoms with Crippen LogP contribution in [0.3, 0.4) is 0 Å². The summed E-state index contributed by atoms with van der Waals surface area (Å²) < 4.78 is 2.21. The van der Waals surface area contributed by atoms with Crippen LogP contribution in [0.4, 0.5) is 10.3 Å². The molecule has 1 fully saturated rings. The minimum absolute atomic E-state index is 0.0788. The number of rotatable bonds is 4. The number of likely N-dealkylation sites (tertiary alicyclic amines) is 1. The van der Waals surface area contributed by atoms with Gasteiger partial charge in [0.05, 0.1) is 69.7 Å². The molecule has 4 aromatic rings. The van der Waals surface area contributed by atoms with Crippen LogP contribution in [0.25, 0.3) is 20.4 Å². The number of piperidine rings is 1. The summed E-state index contributed by atoms with van der Waals surface area (Å²) in [5.74, 6) is 6.84. The zero-order chi connectivity index (χ0) is 33.9. The van der Waals surface area contributed by atoms with Gasteiger partial charge in [0.2, 0.25) is 11.9 Å². The molecule has 0 bridgehead atoms. The third-order valence-electron chi connectivity index (χ3n) is 7.56. The summed E-state index contributed by atoms with van der Waals surface area (Å²) in [5.41, 5.74) is 4.45. The Kier molecular flexibility index (Phi) is 11.6. The molecule has 0 amide bonds. The number of aliphatic hydroxyl groups is 1. The summed E-state index contributed by atoms with van der Waals surface area (Å²) in [6.45, 7) is 2.95. The SMILES string of the molecule is CC#N.N#CCC1C=CN=C(N2CCC(O)CC2)N1c1nc2ccccc2s1.N#CCC1C=CN=C(NN)N1c1nc2ccccc2s1. The summed E-state index contributed by atoms with van der Waals surface area (Å²) in [6, 6.07) is 21.9. The van der Waals surface area contributed by atoms with Crippen molar-refractivity contribution in [3.8, 4) is 18.2 Å². The predicted molar refractivity (Wildman–Crippen MR) is 191 cm³/mol. The minimum Gasteiger partial charge on any atom is -0.393 e. The highest BCUT2D eigenvalue weighted by Gasteiger charge is 2.32. The lowest BCUT2D eigenvalue weighted by Crippen LogP contribution is -2.52. The van der Waals surface area contributed by atoms with Crippen molar-refractivity contribution in [1.82, 2.24) is 20.3 Å². The fourth-order valence-corrected chi connectivity index (χ4v) is 7.37. The third-order valence-corrected chi connectivity index (χ3v) is 9.64. The fourth-order valence-electron chi connectivity index (χ4n) is 5.32. The molecule has 7 rings (SSSR count). The molecule has 2 unspecified atom stereocenters. The number of fused-ring (bicyclic) bond motifs is 2. The van der Waals surface area contributed by atoms with Crippen LogP contribution in [0.2, 0.25) is 0 Å². The molecule has 2 aromatic heterocycles. The van der Waals surface area contributed by atoms with Crippen LogP contribution in [-0.4, -0.2) is 63.2 Å². The van der Waals surface area contributed by atoms with E-state index in [4.69, 9.17) is 21.4 Å². The second kappa shape index (κ2) is 16.5. The van der Waals surface area contributed by atoms with Crippen LogP contribution in [0.15, 0.2) is 83.1 Å². The van der Waals surface area contributed by atoms with Crippen molar-refractivity contribution in [2.45, 2.75) is 50.8 Å². The van der Waals surface area contributed by atoms with E-state index in [1.165, 1.54) is 6.92 Å². The number of anilines is 2. The molecule has 0 spiro atoms. The lowest BCUT2D eigenvalue weighted by Gasteiger charge is -2.39. The monoisotopic (exact) mass is 678 g/mol. The molecular formula is C33H34N12OS2. The van der Waals surface area contributed by atoms with Gasteiger partial charge < -0.3 is 10.0 Å². The van der Waals surface area contributed by atoms with Gasteiger partial charge in [-0.05, 0) is 49.3 Å². The summed E-state index contributed by atoms with van der Waals surface area (Å²) in [6.07, 6.45) is 9.22. The van der Waals surface area contributed by atoms with Crippen LogP contribution >= 0.6 is 22.7 Å². The normalized spacial score (nSPS) is 18.8. The maximum atomic E-state index is 9.79. The molecule has 48 heavy (non-hydrogen) atoms. The molecule has 2 atom stereocenters. The van der Waals surface area contributed by atoms with Gasteiger partial charge in [-0.25, -0.2) is 25.8 Å².